The number of benzene rings is 1. The number of rotatable bonds is 3. The van der Waals surface area contributed by atoms with Gasteiger partial charge >= 0.3 is 0 Å². The summed E-state index contributed by atoms with van der Waals surface area (Å²) in [7, 11) is 1.48. The Labute approximate surface area is 133 Å². The Morgan fingerprint density at radius 2 is 2.00 bits per heavy atom. The Morgan fingerprint density at radius 3 is 2.68 bits per heavy atom. The summed E-state index contributed by atoms with van der Waals surface area (Å²) < 4.78 is 20.1. The maximum absolute atomic E-state index is 14.0. The predicted octanol–water partition coefficient (Wildman–Crippen LogP) is 4.50. The maximum Gasteiger partial charge on any atom is 0.265 e. The fourth-order valence-corrected chi connectivity index (χ4v) is 4.19. The van der Waals surface area contributed by atoms with Gasteiger partial charge in [0.2, 0.25) is 0 Å². The van der Waals surface area contributed by atoms with Crippen LogP contribution < -0.4 is 10.1 Å². The van der Waals surface area contributed by atoms with Gasteiger partial charge in [0.15, 0.2) is 5.75 Å². The average Bonchev–Trinajstić information content (AvgIpc) is 2.71. The number of halogens is 1. The van der Waals surface area contributed by atoms with E-state index < -0.39 is 0 Å². The number of fused-ring (bicyclic) bond motifs is 1. The van der Waals surface area contributed by atoms with Crippen LogP contribution in [0.25, 0.3) is 10.1 Å². The first-order valence-corrected chi connectivity index (χ1v) is 8.58. The van der Waals surface area contributed by atoms with E-state index in [0.717, 1.165) is 30.4 Å². The molecule has 1 aliphatic carbocycles. The third kappa shape index (κ3) is 2.95. The zero-order valence-electron chi connectivity index (χ0n) is 12.7. The first-order valence-electron chi connectivity index (χ1n) is 7.76. The van der Waals surface area contributed by atoms with Gasteiger partial charge in [0.25, 0.3) is 5.91 Å². The Hall–Kier alpha value is -1.62. The number of carbonyl (C=O) groups excluding carboxylic acids is 1. The summed E-state index contributed by atoms with van der Waals surface area (Å²) in [4.78, 5) is 13.0. The number of hydrogen-bond donors (Lipinski definition) is 1. The van der Waals surface area contributed by atoms with E-state index in [1.807, 2.05) is 6.07 Å². The van der Waals surface area contributed by atoms with E-state index >= 15 is 0 Å². The van der Waals surface area contributed by atoms with Crippen molar-refractivity contribution in [3.8, 4) is 5.75 Å². The van der Waals surface area contributed by atoms with Crippen molar-refractivity contribution in [1.29, 1.82) is 0 Å². The molecule has 1 N–H and O–H groups in total. The monoisotopic (exact) mass is 321 g/mol. The summed E-state index contributed by atoms with van der Waals surface area (Å²) in [6.07, 6.45) is 6.83. The van der Waals surface area contributed by atoms with E-state index in [0.29, 0.717) is 16.0 Å². The average molecular weight is 321 g/mol. The van der Waals surface area contributed by atoms with Crippen molar-refractivity contribution in [2.75, 3.05) is 7.11 Å². The van der Waals surface area contributed by atoms with Gasteiger partial charge in [0.05, 0.1) is 12.5 Å². The smallest absolute Gasteiger partial charge is 0.265 e. The van der Waals surface area contributed by atoms with E-state index in [4.69, 9.17) is 4.74 Å². The highest BCUT2D eigenvalue weighted by Crippen LogP contribution is 2.39. The summed E-state index contributed by atoms with van der Waals surface area (Å²) in [5, 5.41) is 3.50. The molecule has 3 rings (SSSR count). The van der Waals surface area contributed by atoms with E-state index in [2.05, 4.69) is 5.32 Å². The van der Waals surface area contributed by atoms with Crippen molar-refractivity contribution in [3.05, 3.63) is 28.9 Å². The molecule has 1 fully saturated rings. The van der Waals surface area contributed by atoms with Gasteiger partial charge in [-0.3, -0.25) is 4.79 Å². The molecule has 1 amide bonds. The minimum atomic E-state index is -0.348. The second kappa shape index (κ2) is 6.65. The van der Waals surface area contributed by atoms with E-state index in [1.165, 1.54) is 37.4 Å². The molecule has 2 aromatic rings. The van der Waals surface area contributed by atoms with Crippen LogP contribution in [0.15, 0.2) is 18.2 Å². The molecule has 1 aromatic heterocycles. The van der Waals surface area contributed by atoms with Crippen molar-refractivity contribution in [3.63, 3.8) is 0 Å². The first-order chi connectivity index (χ1) is 10.7. The zero-order chi connectivity index (χ0) is 15.5. The molecular formula is C17H20FNO2S. The van der Waals surface area contributed by atoms with Crippen LogP contribution in [0.4, 0.5) is 4.39 Å². The predicted molar refractivity (Wildman–Crippen MR) is 87.3 cm³/mol. The van der Waals surface area contributed by atoms with Crippen LogP contribution in [-0.4, -0.2) is 19.1 Å². The lowest BCUT2D eigenvalue weighted by molar-refractivity contribution is 0.0935. The van der Waals surface area contributed by atoms with Gasteiger partial charge < -0.3 is 10.1 Å². The molecule has 0 aliphatic heterocycles. The minimum absolute atomic E-state index is 0.149. The number of ether oxygens (including phenoxy) is 1. The molecule has 0 bridgehead atoms. The lowest BCUT2D eigenvalue weighted by Crippen LogP contribution is -2.34. The van der Waals surface area contributed by atoms with Crippen LogP contribution in [0.2, 0.25) is 0 Å². The first kappa shape index (κ1) is 15.3. The second-order valence-electron chi connectivity index (χ2n) is 5.74. The van der Waals surface area contributed by atoms with Crippen LogP contribution in [0.1, 0.15) is 48.2 Å². The number of thiophene rings is 1. The Bertz CT molecular complexity index is 675. The molecule has 118 valence electrons. The van der Waals surface area contributed by atoms with Crippen molar-refractivity contribution in [2.24, 2.45) is 0 Å². The number of amides is 1. The van der Waals surface area contributed by atoms with Gasteiger partial charge in [0.1, 0.15) is 10.7 Å². The molecule has 1 heterocycles. The highest BCUT2D eigenvalue weighted by molar-refractivity contribution is 7.21. The van der Waals surface area contributed by atoms with Crippen LogP contribution in [0.3, 0.4) is 0 Å². The topological polar surface area (TPSA) is 38.3 Å². The van der Waals surface area contributed by atoms with E-state index in [1.54, 1.807) is 6.07 Å². The molecular weight excluding hydrogens is 301 g/mol. The molecule has 0 atom stereocenters. The molecule has 0 radical (unpaired) electrons. The third-order valence-corrected chi connectivity index (χ3v) is 5.36. The summed E-state index contributed by atoms with van der Waals surface area (Å²) >= 11 is 1.29. The Balaban J connectivity index is 1.88. The van der Waals surface area contributed by atoms with Gasteiger partial charge in [-0.1, -0.05) is 31.7 Å². The number of hydrogen-bond acceptors (Lipinski definition) is 3. The normalized spacial score (nSPS) is 16.5. The van der Waals surface area contributed by atoms with Gasteiger partial charge in [-0.05, 0) is 25.0 Å². The molecule has 22 heavy (non-hydrogen) atoms. The maximum atomic E-state index is 14.0. The fraction of sp³-hybridized carbons (Fsp3) is 0.471. The molecule has 0 unspecified atom stereocenters. The number of carbonyl (C=O) groups is 1. The number of nitrogens with one attached hydrogen (secondary N) is 1. The highest BCUT2D eigenvalue weighted by Gasteiger charge is 2.23. The molecule has 1 aliphatic rings. The zero-order valence-corrected chi connectivity index (χ0v) is 13.5. The van der Waals surface area contributed by atoms with Gasteiger partial charge in [-0.2, -0.15) is 0 Å². The summed E-state index contributed by atoms with van der Waals surface area (Å²) in [6, 6.07) is 5.08. The van der Waals surface area contributed by atoms with Gasteiger partial charge in [0, 0.05) is 10.7 Å². The van der Waals surface area contributed by atoms with Crippen molar-refractivity contribution >= 4 is 27.3 Å². The molecule has 0 spiro atoms. The summed E-state index contributed by atoms with van der Waals surface area (Å²) in [5.41, 5.74) is 0. The van der Waals surface area contributed by atoms with Crippen LogP contribution in [0.5, 0.6) is 5.75 Å². The Kier molecular flexibility index (Phi) is 4.62. The Morgan fingerprint density at radius 1 is 1.27 bits per heavy atom. The lowest BCUT2D eigenvalue weighted by atomic mass is 10.1. The van der Waals surface area contributed by atoms with Gasteiger partial charge in [-0.25, -0.2) is 4.39 Å². The fourth-order valence-electron chi connectivity index (χ4n) is 3.10. The SMILES string of the molecule is COc1c(C(=O)NC2CCCCCC2)sc2cccc(F)c12. The van der Waals surface area contributed by atoms with Crippen LogP contribution in [0, 0.1) is 5.82 Å². The quantitative estimate of drug-likeness (QED) is 0.845. The van der Waals surface area contributed by atoms with Gasteiger partial charge in [-0.15, -0.1) is 11.3 Å². The van der Waals surface area contributed by atoms with Crippen molar-refractivity contribution in [2.45, 2.75) is 44.6 Å². The largest absolute Gasteiger partial charge is 0.494 e. The van der Waals surface area contributed by atoms with E-state index in [9.17, 15) is 9.18 Å². The highest BCUT2D eigenvalue weighted by atomic mass is 32.1. The molecule has 5 heteroatoms. The summed E-state index contributed by atoms with van der Waals surface area (Å²) in [5.74, 6) is -0.146. The molecule has 1 saturated carbocycles. The standard InChI is InChI=1S/C17H20FNO2S/c1-21-15-14-12(18)9-6-10-13(14)22-16(15)17(20)19-11-7-4-2-3-5-8-11/h6,9-11H,2-5,7-8H2,1H3,(H,19,20). The lowest BCUT2D eigenvalue weighted by Gasteiger charge is -2.16. The number of methoxy groups -OCH3 is 1. The van der Waals surface area contributed by atoms with Crippen molar-refractivity contribution in [1.82, 2.24) is 5.32 Å². The van der Waals surface area contributed by atoms with Crippen LogP contribution in [-0.2, 0) is 0 Å². The van der Waals surface area contributed by atoms with E-state index in [-0.39, 0.29) is 17.8 Å². The molecule has 1 aromatic carbocycles. The summed E-state index contributed by atoms with van der Waals surface area (Å²) in [6.45, 7) is 0. The molecule has 0 saturated heterocycles. The minimum Gasteiger partial charge on any atom is -0.494 e. The second-order valence-corrected chi connectivity index (χ2v) is 6.79. The van der Waals surface area contributed by atoms with Crippen molar-refractivity contribution < 1.29 is 13.9 Å². The third-order valence-electron chi connectivity index (χ3n) is 4.22. The van der Waals surface area contributed by atoms with Crippen LogP contribution >= 0.6 is 11.3 Å². The molecule has 3 nitrogen and oxygen atoms in total.